The maximum atomic E-state index is 11.5. The molecule has 2 aliphatic rings. The van der Waals surface area contributed by atoms with Gasteiger partial charge in [0.2, 0.25) is 5.91 Å². The lowest BCUT2D eigenvalue weighted by Gasteiger charge is -2.48. The maximum Gasteiger partial charge on any atom is 0.217 e. The standard InChI is InChI=1S/C18H23NO5/c1-3-7-13-15(19-11(2)20)16(21)17-14(23-13)10-22-18(24-17)12-8-5-4-6-9-12/h3-6,8-9,13-18,21H,1,7,10H2,2H3,(H,19,20)/t13-,14-,15+,16-,17-,18?/m1/s1. The number of carbonyl (C=O) groups excluding carboxylic acids is 1. The molecule has 0 spiro atoms. The van der Waals surface area contributed by atoms with Crippen molar-refractivity contribution in [1.29, 1.82) is 0 Å². The van der Waals surface area contributed by atoms with Gasteiger partial charge in [-0.15, -0.1) is 6.58 Å². The average Bonchev–Trinajstić information content (AvgIpc) is 2.59. The van der Waals surface area contributed by atoms with Crippen LogP contribution in [0.1, 0.15) is 25.2 Å². The molecule has 0 saturated carbocycles. The van der Waals surface area contributed by atoms with Crippen molar-refractivity contribution in [3.05, 3.63) is 48.6 Å². The van der Waals surface area contributed by atoms with Gasteiger partial charge >= 0.3 is 0 Å². The summed E-state index contributed by atoms with van der Waals surface area (Å²) in [5, 5.41) is 13.5. The summed E-state index contributed by atoms with van der Waals surface area (Å²) in [5.41, 5.74) is 0.882. The molecule has 1 amide bonds. The van der Waals surface area contributed by atoms with Crippen LogP contribution in [0, 0.1) is 0 Å². The highest BCUT2D eigenvalue weighted by Gasteiger charge is 2.49. The normalized spacial score (nSPS) is 35.8. The molecule has 1 aromatic carbocycles. The number of amides is 1. The molecule has 0 aromatic heterocycles. The summed E-state index contributed by atoms with van der Waals surface area (Å²) in [6.45, 7) is 5.45. The van der Waals surface area contributed by atoms with E-state index < -0.39 is 24.5 Å². The Balaban J connectivity index is 1.77. The van der Waals surface area contributed by atoms with Crippen LogP contribution in [0.4, 0.5) is 0 Å². The number of hydrogen-bond donors (Lipinski definition) is 2. The minimum atomic E-state index is -0.882. The number of ether oxygens (including phenoxy) is 3. The lowest BCUT2D eigenvalue weighted by Crippen LogP contribution is -2.66. The van der Waals surface area contributed by atoms with Crippen LogP contribution in [-0.4, -0.2) is 48.1 Å². The van der Waals surface area contributed by atoms with Gasteiger partial charge in [-0.2, -0.15) is 0 Å². The average molecular weight is 333 g/mol. The van der Waals surface area contributed by atoms with Crippen molar-refractivity contribution < 1.29 is 24.1 Å². The van der Waals surface area contributed by atoms with E-state index in [-0.39, 0.29) is 18.1 Å². The number of nitrogens with one attached hydrogen (secondary N) is 1. The van der Waals surface area contributed by atoms with Gasteiger partial charge in [0.15, 0.2) is 6.29 Å². The van der Waals surface area contributed by atoms with Crippen molar-refractivity contribution in [2.75, 3.05) is 6.61 Å². The Morgan fingerprint density at radius 1 is 1.38 bits per heavy atom. The molecule has 0 aliphatic carbocycles. The molecule has 6 atom stereocenters. The van der Waals surface area contributed by atoms with Gasteiger partial charge in [-0.1, -0.05) is 36.4 Å². The fraction of sp³-hybridized carbons (Fsp3) is 0.500. The molecule has 24 heavy (non-hydrogen) atoms. The van der Waals surface area contributed by atoms with E-state index in [4.69, 9.17) is 14.2 Å². The quantitative estimate of drug-likeness (QED) is 0.813. The molecule has 1 aromatic rings. The second-order valence-corrected chi connectivity index (χ2v) is 6.13. The third kappa shape index (κ3) is 3.52. The van der Waals surface area contributed by atoms with Gasteiger partial charge < -0.3 is 24.6 Å². The van der Waals surface area contributed by atoms with Crippen LogP contribution in [0.2, 0.25) is 0 Å². The lowest BCUT2D eigenvalue weighted by molar-refractivity contribution is -0.314. The fourth-order valence-electron chi connectivity index (χ4n) is 3.26. The number of aliphatic hydroxyl groups is 1. The molecule has 6 heteroatoms. The molecule has 2 heterocycles. The predicted octanol–water partition coefficient (Wildman–Crippen LogP) is 1.31. The number of rotatable bonds is 4. The zero-order chi connectivity index (χ0) is 17.1. The summed E-state index contributed by atoms with van der Waals surface area (Å²) < 4.78 is 17.7. The number of fused-ring (bicyclic) bond motifs is 1. The third-order valence-corrected chi connectivity index (χ3v) is 4.35. The van der Waals surface area contributed by atoms with Gasteiger partial charge in [0.05, 0.1) is 18.8 Å². The van der Waals surface area contributed by atoms with Crippen LogP contribution in [-0.2, 0) is 19.0 Å². The van der Waals surface area contributed by atoms with E-state index in [0.717, 1.165) is 5.56 Å². The molecule has 6 nitrogen and oxygen atoms in total. The summed E-state index contributed by atoms with van der Waals surface area (Å²) in [4.78, 5) is 11.5. The molecule has 2 fully saturated rings. The molecule has 1 unspecified atom stereocenters. The van der Waals surface area contributed by atoms with E-state index in [0.29, 0.717) is 13.0 Å². The van der Waals surface area contributed by atoms with E-state index in [2.05, 4.69) is 11.9 Å². The van der Waals surface area contributed by atoms with Crippen molar-refractivity contribution in [3.63, 3.8) is 0 Å². The highest BCUT2D eigenvalue weighted by atomic mass is 16.7. The van der Waals surface area contributed by atoms with Crippen molar-refractivity contribution in [1.82, 2.24) is 5.32 Å². The molecule has 2 saturated heterocycles. The van der Waals surface area contributed by atoms with Gasteiger partial charge in [0, 0.05) is 12.5 Å². The number of hydrogen-bond acceptors (Lipinski definition) is 5. The largest absolute Gasteiger partial charge is 0.388 e. The zero-order valence-electron chi connectivity index (χ0n) is 13.6. The second-order valence-electron chi connectivity index (χ2n) is 6.13. The predicted molar refractivity (Wildman–Crippen MR) is 87.1 cm³/mol. The molecular weight excluding hydrogens is 310 g/mol. The zero-order valence-corrected chi connectivity index (χ0v) is 13.6. The second kappa shape index (κ2) is 7.44. The smallest absolute Gasteiger partial charge is 0.217 e. The summed E-state index contributed by atoms with van der Waals surface area (Å²) in [5.74, 6) is -0.221. The monoisotopic (exact) mass is 333 g/mol. The van der Waals surface area contributed by atoms with E-state index in [9.17, 15) is 9.90 Å². The Bertz CT molecular complexity index is 578. The van der Waals surface area contributed by atoms with Crippen molar-refractivity contribution >= 4 is 5.91 Å². The molecule has 0 bridgehead atoms. The van der Waals surface area contributed by atoms with Crippen molar-refractivity contribution in [2.24, 2.45) is 0 Å². The van der Waals surface area contributed by atoms with Crippen LogP contribution >= 0.6 is 0 Å². The van der Waals surface area contributed by atoms with Crippen molar-refractivity contribution in [3.8, 4) is 0 Å². The number of benzene rings is 1. The number of aliphatic hydroxyl groups excluding tert-OH is 1. The minimum Gasteiger partial charge on any atom is -0.388 e. The first kappa shape index (κ1) is 17.1. The molecule has 2 N–H and O–H groups in total. The van der Waals surface area contributed by atoms with E-state index in [1.807, 2.05) is 30.3 Å². The van der Waals surface area contributed by atoms with Gasteiger partial charge in [0.1, 0.15) is 18.3 Å². The highest BCUT2D eigenvalue weighted by molar-refractivity contribution is 5.73. The first-order chi connectivity index (χ1) is 11.6. The van der Waals surface area contributed by atoms with Crippen LogP contribution in [0.15, 0.2) is 43.0 Å². The molecule has 130 valence electrons. The van der Waals surface area contributed by atoms with Crippen LogP contribution in [0.5, 0.6) is 0 Å². The Morgan fingerprint density at radius 2 is 2.12 bits per heavy atom. The first-order valence-electron chi connectivity index (χ1n) is 8.13. The van der Waals surface area contributed by atoms with E-state index in [1.165, 1.54) is 6.92 Å². The summed E-state index contributed by atoms with van der Waals surface area (Å²) in [7, 11) is 0. The van der Waals surface area contributed by atoms with Gasteiger partial charge in [-0.3, -0.25) is 4.79 Å². The minimum absolute atomic E-state index is 0.221. The molecular formula is C18H23NO5. The van der Waals surface area contributed by atoms with Crippen molar-refractivity contribution in [2.45, 2.75) is 50.1 Å². The van der Waals surface area contributed by atoms with Gasteiger partial charge in [-0.25, -0.2) is 0 Å². The molecule has 0 radical (unpaired) electrons. The van der Waals surface area contributed by atoms with Crippen LogP contribution in [0.25, 0.3) is 0 Å². The molecule has 3 rings (SSSR count). The molecule has 2 aliphatic heterocycles. The van der Waals surface area contributed by atoms with Gasteiger partial charge in [-0.05, 0) is 6.42 Å². The first-order valence-corrected chi connectivity index (χ1v) is 8.13. The topological polar surface area (TPSA) is 77.0 Å². The summed E-state index contributed by atoms with van der Waals surface area (Å²) in [6.07, 6.45) is -0.510. The Morgan fingerprint density at radius 3 is 2.79 bits per heavy atom. The Hall–Kier alpha value is -1.73. The number of carbonyl (C=O) groups is 1. The van der Waals surface area contributed by atoms with E-state index >= 15 is 0 Å². The van der Waals surface area contributed by atoms with E-state index in [1.54, 1.807) is 6.08 Å². The SMILES string of the molecule is C=CC[C@H]1O[C@@H]2COC(c3ccccc3)O[C@H]2[C@H](O)[C@H]1NC(C)=O. The summed E-state index contributed by atoms with van der Waals surface area (Å²) >= 11 is 0. The Kier molecular flexibility index (Phi) is 5.30. The maximum absolute atomic E-state index is 11.5. The third-order valence-electron chi connectivity index (χ3n) is 4.35. The van der Waals surface area contributed by atoms with Crippen LogP contribution < -0.4 is 5.32 Å². The Labute approximate surface area is 141 Å². The summed E-state index contributed by atoms with van der Waals surface area (Å²) in [6, 6.07) is 9.00. The lowest BCUT2D eigenvalue weighted by atomic mass is 9.90. The fourth-order valence-corrected chi connectivity index (χ4v) is 3.26. The highest BCUT2D eigenvalue weighted by Crippen LogP contribution is 2.34. The van der Waals surface area contributed by atoms with Gasteiger partial charge in [0.25, 0.3) is 0 Å². The van der Waals surface area contributed by atoms with Crippen LogP contribution in [0.3, 0.4) is 0 Å².